The fourth-order valence-corrected chi connectivity index (χ4v) is 1.59. The Balaban J connectivity index is 2.99. The fraction of sp³-hybridized carbons (Fsp3) is 0.300. The second-order valence-corrected chi connectivity index (χ2v) is 5.65. The van der Waals surface area contributed by atoms with Gasteiger partial charge in [0.2, 0.25) is 10.0 Å². The third-order valence-corrected chi connectivity index (χ3v) is 2.89. The van der Waals surface area contributed by atoms with Crippen molar-refractivity contribution in [3.8, 4) is 0 Å². The molecule has 0 atom stereocenters. The molecule has 0 heterocycles. The Morgan fingerprint density at radius 2 is 2.00 bits per heavy atom. The molecule has 0 unspecified atom stereocenters. The van der Waals surface area contributed by atoms with Gasteiger partial charge in [0.05, 0.1) is 4.90 Å². The predicted molar refractivity (Wildman–Crippen MR) is 62.7 cm³/mol. The van der Waals surface area contributed by atoms with Gasteiger partial charge in [0.1, 0.15) is 5.60 Å². The zero-order valence-corrected chi connectivity index (χ0v) is 10.3. The average molecular weight is 258 g/mol. The lowest BCUT2D eigenvalue weighted by Crippen LogP contribution is -2.36. The van der Waals surface area contributed by atoms with Gasteiger partial charge in [-0.3, -0.25) is 4.79 Å². The highest BCUT2D eigenvalue weighted by Gasteiger charge is 2.23. The maximum atomic E-state index is 11.5. The molecule has 1 rings (SSSR count). The molecule has 0 radical (unpaired) electrons. The standard InChI is InChI=1S/C10H14N2O4S/c1-10(2,14)9(13)12-7-4-3-5-8(6-7)17(11,15)16/h3-6,14H,1-2H3,(H,12,13)(H2,11,15,16). The van der Waals surface area contributed by atoms with E-state index in [0.29, 0.717) is 0 Å². The molecule has 1 amide bonds. The molecule has 0 saturated heterocycles. The normalized spacial score (nSPS) is 12.2. The summed E-state index contributed by atoms with van der Waals surface area (Å²) < 4.78 is 22.2. The Morgan fingerprint density at radius 3 is 2.47 bits per heavy atom. The van der Waals surface area contributed by atoms with E-state index in [1.165, 1.54) is 38.1 Å². The van der Waals surface area contributed by atoms with Gasteiger partial charge in [0.25, 0.3) is 5.91 Å². The molecule has 0 aliphatic carbocycles. The van der Waals surface area contributed by atoms with Crippen LogP contribution in [0, 0.1) is 0 Å². The van der Waals surface area contributed by atoms with Crippen LogP contribution in [0.5, 0.6) is 0 Å². The smallest absolute Gasteiger partial charge is 0.255 e. The maximum absolute atomic E-state index is 11.5. The number of aliphatic hydroxyl groups is 1. The fourth-order valence-electron chi connectivity index (χ4n) is 1.03. The van der Waals surface area contributed by atoms with E-state index in [1.54, 1.807) is 0 Å². The molecule has 0 aliphatic heterocycles. The first-order valence-corrected chi connectivity index (χ1v) is 6.32. The van der Waals surface area contributed by atoms with Crippen LogP contribution in [0.3, 0.4) is 0 Å². The van der Waals surface area contributed by atoms with Crippen LogP contribution in [0.1, 0.15) is 13.8 Å². The Hall–Kier alpha value is -1.44. The van der Waals surface area contributed by atoms with Crippen molar-refractivity contribution in [1.29, 1.82) is 0 Å². The first-order valence-electron chi connectivity index (χ1n) is 4.77. The third kappa shape index (κ3) is 3.81. The van der Waals surface area contributed by atoms with Gasteiger partial charge in [-0.25, -0.2) is 13.6 Å². The maximum Gasteiger partial charge on any atom is 0.255 e. The van der Waals surface area contributed by atoms with Crippen molar-refractivity contribution in [3.05, 3.63) is 24.3 Å². The molecule has 0 aliphatic rings. The molecule has 0 spiro atoms. The highest BCUT2D eigenvalue weighted by atomic mass is 32.2. The molecule has 0 fully saturated rings. The minimum atomic E-state index is -3.81. The number of sulfonamides is 1. The Kier molecular flexibility index (Phi) is 3.56. The Morgan fingerprint density at radius 1 is 1.41 bits per heavy atom. The molecule has 1 aromatic rings. The zero-order valence-electron chi connectivity index (χ0n) is 9.47. The van der Waals surface area contributed by atoms with Crippen LogP contribution in [0.4, 0.5) is 5.69 Å². The van der Waals surface area contributed by atoms with Crippen molar-refractivity contribution in [2.75, 3.05) is 5.32 Å². The zero-order chi connectivity index (χ0) is 13.3. The minimum Gasteiger partial charge on any atom is -0.381 e. The number of anilines is 1. The SMILES string of the molecule is CC(C)(O)C(=O)Nc1cccc(S(N)(=O)=O)c1. The summed E-state index contributed by atoms with van der Waals surface area (Å²) in [4.78, 5) is 11.3. The molecule has 94 valence electrons. The van der Waals surface area contributed by atoms with Gasteiger partial charge >= 0.3 is 0 Å². The molecular formula is C10H14N2O4S. The van der Waals surface area contributed by atoms with E-state index >= 15 is 0 Å². The molecule has 0 saturated carbocycles. The summed E-state index contributed by atoms with van der Waals surface area (Å²) in [6.07, 6.45) is 0. The van der Waals surface area contributed by atoms with E-state index < -0.39 is 21.5 Å². The van der Waals surface area contributed by atoms with Crippen molar-refractivity contribution < 1.29 is 18.3 Å². The summed E-state index contributed by atoms with van der Waals surface area (Å²) >= 11 is 0. The lowest BCUT2D eigenvalue weighted by atomic mass is 10.1. The number of primary sulfonamides is 1. The molecule has 7 heteroatoms. The van der Waals surface area contributed by atoms with Crippen molar-refractivity contribution in [1.82, 2.24) is 0 Å². The van der Waals surface area contributed by atoms with Gasteiger partial charge in [0.15, 0.2) is 0 Å². The van der Waals surface area contributed by atoms with Crippen LogP contribution in [-0.2, 0) is 14.8 Å². The summed E-state index contributed by atoms with van der Waals surface area (Å²) in [5.74, 6) is -0.635. The lowest BCUT2D eigenvalue weighted by molar-refractivity contribution is -0.130. The quantitative estimate of drug-likeness (QED) is 0.711. The van der Waals surface area contributed by atoms with Crippen LogP contribution >= 0.6 is 0 Å². The summed E-state index contributed by atoms with van der Waals surface area (Å²) in [6, 6.07) is 5.48. The Labute approximate surface area is 99.5 Å². The average Bonchev–Trinajstić information content (AvgIpc) is 2.15. The van der Waals surface area contributed by atoms with E-state index in [9.17, 15) is 18.3 Å². The van der Waals surface area contributed by atoms with Crippen LogP contribution < -0.4 is 10.5 Å². The monoisotopic (exact) mass is 258 g/mol. The van der Waals surface area contributed by atoms with Crippen molar-refractivity contribution in [3.63, 3.8) is 0 Å². The number of nitrogens with one attached hydrogen (secondary N) is 1. The number of hydrogen-bond donors (Lipinski definition) is 3. The number of nitrogens with two attached hydrogens (primary N) is 1. The molecule has 6 nitrogen and oxygen atoms in total. The highest BCUT2D eigenvalue weighted by Crippen LogP contribution is 2.15. The van der Waals surface area contributed by atoms with Crippen LogP contribution in [0.25, 0.3) is 0 Å². The number of hydrogen-bond acceptors (Lipinski definition) is 4. The first kappa shape index (κ1) is 13.6. The van der Waals surface area contributed by atoms with E-state index in [0.717, 1.165) is 0 Å². The Bertz CT molecular complexity index is 531. The number of benzene rings is 1. The van der Waals surface area contributed by atoms with E-state index in [2.05, 4.69) is 5.32 Å². The van der Waals surface area contributed by atoms with Gasteiger partial charge in [-0.05, 0) is 32.0 Å². The number of carbonyl (C=O) groups is 1. The second-order valence-electron chi connectivity index (χ2n) is 4.09. The summed E-state index contributed by atoms with van der Waals surface area (Å²) in [5, 5.41) is 16.8. The summed E-state index contributed by atoms with van der Waals surface area (Å²) in [5.41, 5.74) is -1.29. The van der Waals surface area contributed by atoms with Crippen molar-refractivity contribution in [2.24, 2.45) is 5.14 Å². The molecule has 0 bridgehead atoms. The molecule has 0 aromatic heterocycles. The van der Waals surface area contributed by atoms with E-state index in [4.69, 9.17) is 5.14 Å². The van der Waals surface area contributed by atoms with Crippen LogP contribution in [0.2, 0.25) is 0 Å². The van der Waals surface area contributed by atoms with Gasteiger partial charge in [-0.1, -0.05) is 6.07 Å². The molecular weight excluding hydrogens is 244 g/mol. The van der Waals surface area contributed by atoms with Gasteiger partial charge in [-0.2, -0.15) is 0 Å². The van der Waals surface area contributed by atoms with Crippen LogP contribution in [0.15, 0.2) is 29.2 Å². The van der Waals surface area contributed by atoms with Crippen molar-refractivity contribution in [2.45, 2.75) is 24.3 Å². The minimum absolute atomic E-state index is 0.106. The predicted octanol–water partition coefficient (Wildman–Crippen LogP) is 0.0434. The van der Waals surface area contributed by atoms with E-state index in [1.807, 2.05) is 0 Å². The third-order valence-electron chi connectivity index (χ3n) is 1.98. The second kappa shape index (κ2) is 4.44. The van der Waals surface area contributed by atoms with Gasteiger partial charge in [0, 0.05) is 5.69 Å². The lowest BCUT2D eigenvalue weighted by Gasteiger charge is -2.16. The van der Waals surface area contributed by atoms with Crippen molar-refractivity contribution >= 4 is 21.6 Å². The molecule has 4 N–H and O–H groups in total. The largest absolute Gasteiger partial charge is 0.381 e. The summed E-state index contributed by atoms with van der Waals surface area (Å²) in [6.45, 7) is 2.65. The van der Waals surface area contributed by atoms with Gasteiger partial charge in [-0.15, -0.1) is 0 Å². The van der Waals surface area contributed by atoms with Gasteiger partial charge < -0.3 is 10.4 Å². The highest BCUT2D eigenvalue weighted by molar-refractivity contribution is 7.89. The first-order chi connectivity index (χ1) is 7.60. The molecule has 17 heavy (non-hydrogen) atoms. The molecule has 1 aromatic carbocycles. The van der Waals surface area contributed by atoms with E-state index in [-0.39, 0.29) is 10.6 Å². The van der Waals surface area contributed by atoms with Crippen LogP contribution in [-0.4, -0.2) is 25.0 Å². The summed E-state index contributed by atoms with van der Waals surface area (Å²) in [7, 11) is -3.81. The number of rotatable bonds is 3. The number of carbonyl (C=O) groups excluding carboxylic acids is 1. The number of amides is 1. The topological polar surface area (TPSA) is 109 Å².